The molecule has 0 atom stereocenters. The molecule has 4 nitrogen and oxygen atoms in total. The summed E-state index contributed by atoms with van der Waals surface area (Å²) in [6, 6.07) is 5.78. The van der Waals surface area contributed by atoms with Gasteiger partial charge >= 0.3 is 5.97 Å². The summed E-state index contributed by atoms with van der Waals surface area (Å²) in [4.78, 5) is 13.9. The molecular weight excluding hydrogens is 242 g/mol. The molecule has 1 aromatic heterocycles. The zero-order valence-corrected chi connectivity index (χ0v) is 11.2. The summed E-state index contributed by atoms with van der Waals surface area (Å²) in [5, 5.41) is 9.69. The Hall–Kier alpha value is -2.23. The number of hydrogen-bond donors (Lipinski definition) is 2. The first kappa shape index (κ1) is 13.2. The van der Waals surface area contributed by atoms with Crippen LogP contribution in [0.1, 0.15) is 25.1 Å². The second kappa shape index (κ2) is 5.18. The molecule has 1 heterocycles. The molecule has 0 aliphatic rings. The summed E-state index contributed by atoms with van der Waals surface area (Å²) >= 11 is 0. The number of rotatable bonds is 4. The predicted octanol–water partition coefficient (Wildman–Crippen LogP) is 3.36. The first-order valence-corrected chi connectivity index (χ1v) is 6.17. The van der Waals surface area contributed by atoms with Crippen molar-refractivity contribution in [2.24, 2.45) is 0 Å². The highest BCUT2D eigenvalue weighted by molar-refractivity contribution is 5.95. The molecule has 19 heavy (non-hydrogen) atoms. The van der Waals surface area contributed by atoms with E-state index in [0.717, 1.165) is 34.0 Å². The average Bonchev–Trinajstić information content (AvgIpc) is 2.61. The van der Waals surface area contributed by atoms with Gasteiger partial charge in [-0.2, -0.15) is 0 Å². The summed E-state index contributed by atoms with van der Waals surface area (Å²) in [5.74, 6) is -0.171. The van der Waals surface area contributed by atoms with Crippen LogP contribution in [0.4, 0.5) is 0 Å². The van der Waals surface area contributed by atoms with E-state index in [0.29, 0.717) is 0 Å². The Labute approximate surface area is 111 Å². The molecule has 2 rings (SSSR count). The van der Waals surface area contributed by atoms with Gasteiger partial charge in [0.05, 0.1) is 6.10 Å². The Morgan fingerprint density at radius 3 is 2.79 bits per heavy atom. The van der Waals surface area contributed by atoms with E-state index in [9.17, 15) is 4.79 Å². The lowest BCUT2D eigenvalue weighted by atomic mass is 10.1. The third kappa shape index (κ3) is 2.96. The number of hydrogen-bond acceptors (Lipinski definition) is 2. The van der Waals surface area contributed by atoms with E-state index >= 15 is 0 Å². The summed E-state index contributed by atoms with van der Waals surface area (Å²) in [5.41, 5.74) is 2.79. The van der Waals surface area contributed by atoms with E-state index in [1.165, 1.54) is 0 Å². The van der Waals surface area contributed by atoms with Crippen molar-refractivity contribution < 1.29 is 14.6 Å². The number of aliphatic carboxylic acids is 1. The summed E-state index contributed by atoms with van der Waals surface area (Å²) in [7, 11) is 0. The van der Waals surface area contributed by atoms with Crippen molar-refractivity contribution in [1.82, 2.24) is 4.98 Å². The Balaban J connectivity index is 2.49. The van der Waals surface area contributed by atoms with Crippen LogP contribution in [0.2, 0.25) is 0 Å². The lowest BCUT2D eigenvalue weighted by Crippen LogP contribution is -2.05. The molecule has 2 N–H and O–H groups in total. The van der Waals surface area contributed by atoms with E-state index in [-0.39, 0.29) is 6.10 Å². The maximum absolute atomic E-state index is 10.6. The molecular formula is C15H17NO3. The molecule has 0 saturated carbocycles. The number of fused-ring (bicyclic) bond motifs is 1. The zero-order chi connectivity index (χ0) is 14.0. The Kier molecular flexibility index (Phi) is 3.60. The van der Waals surface area contributed by atoms with Gasteiger partial charge in [0.1, 0.15) is 5.75 Å². The second-order valence-corrected chi connectivity index (χ2v) is 4.71. The van der Waals surface area contributed by atoms with Gasteiger partial charge in [-0.05, 0) is 45.0 Å². The predicted molar refractivity (Wildman–Crippen MR) is 75.5 cm³/mol. The zero-order valence-electron chi connectivity index (χ0n) is 11.2. The Morgan fingerprint density at radius 2 is 2.16 bits per heavy atom. The van der Waals surface area contributed by atoms with Crippen LogP contribution in [-0.4, -0.2) is 22.2 Å². The van der Waals surface area contributed by atoms with Gasteiger partial charge in [0.25, 0.3) is 0 Å². The fraction of sp³-hybridized carbons (Fsp3) is 0.267. The van der Waals surface area contributed by atoms with Crippen molar-refractivity contribution >= 4 is 22.9 Å². The van der Waals surface area contributed by atoms with Crippen molar-refractivity contribution in [1.29, 1.82) is 0 Å². The quantitative estimate of drug-likeness (QED) is 0.827. The number of benzene rings is 1. The van der Waals surface area contributed by atoms with Crippen molar-refractivity contribution in [2.45, 2.75) is 26.9 Å². The lowest BCUT2D eigenvalue weighted by molar-refractivity contribution is -0.131. The molecule has 0 aliphatic heterocycles. The summed E-state index contributed by atoms with van der Waals surface area (Å²) < 4.78 is 5.66. The Bertz CT molecular complexity index is 638. The van der Waals surface area contributed by atoms with Crippen molar-refractivity contribution in [3.63, 3.8) is 0 Å². The van der Waals surface area contributed by atoms with E-state index in [4.69, 9.17) is 9.84 Å². The largest absolute Gasteiger partial charge is 0.491 e. The number of aromatic amines is 1. The van der Waals surface area contributed by atoms with Crippen LogP contribution in [0.3, 0.4) is 0 Å². The number of aryl methyl sites for hydroxylation is 1. The number of carboxylic acid groups (broad SMARTS) is 1. The molecule has 0 spiro atoms. The number of carbonyl (C=O) groups is 1. The van der Waals surface area contributed by atoms with Gasteiger partial charge < -0.3 is 14.8 Å². The van der Waals surface area contributed by atoms with Gasteiger partial charge in [0, 0.05) is 28.2 Å². The highest BCUT2D eigenvalue weighted by Crippen LogP contribution is 2.27. The molecule has 0 amide bonds. The van der Waals surface area contributed by atoms with Gasteiger partial charge in [-0.15, -0.1) is 0 Å². The van der Waals surface area contributed by atoms with Crippen molar-refractivity contribution in [3.05, 3.63) is 35.5 Å². The monoisotopic (exact) mass is 259 g/mol. The molecule has 2 aromatic rings. The summed E-state index contributed by atoms with van der Waals surface area (Å²) in [6.07, 6.45) is 2.86. The van der Waals surface area contributed by atoms with Crippen LogP contribution < -0.4 is 4.74 Å². The van der Waals surface area contributed by atoms with Crippen LogP contribution in [0.15, 0.2) is 24.3 Å². The maximum Gasteiger partial charge on any atom is 0.328 e. The number of H-pyrrole nitrogens is 1. The molecule has 0 fully saturated rings. The number of ether oxygens (including phenoxy) is 1. The Morgan fingerprint density at radius 1 is 1.42 bits per heavy atom. The average molecular weight is 259 g/mol. The first-order valence-electron chi connectivity index (χ1n) is 6.17. The highest BCUT2D eigenvalue weighted by atomic mass is 16.5. The standard InChI is InChI=1S/C15H17NO3/c1-9(2)19-11-4-6-14-13(8-11)12(10(3)16-14)5-7-15(17)18/h4-9,16H,1-3H3,(H,17,18)/b7-5+. The molecule has 4 heteroatoms. The van der Waals surface area contributed by atoms with Gasteiger partial charge in [-0.3, -0.25) is 0 Å². The van der Waals surface area contributed by atoms with Crippen LogP contribution >= 0.6 is 0 Å². The first-order chi connectivity index (χ1) is 8.97. The van der Waals surface area contributed by atoms with Crippen LogP contribution in [0.25, 0.3) is 17.0 Å². The smallest absolute Gasteiger partial charge is 0.328 e. The van der Waals surface area contributed by atoms with Gasteiger partial charge in [-0.25, -0.2) is 4.79 Å². The van der Waals surface area contributed by atoms with Crippen molar-refractivity contribution in [2.75, 3.05) is 0 Å². The molecule has 0 bridgehead atoms. The van der Waals surface area contributed by atoms with E-state index in [1.54, 1.807) is 6.08 Å². The molecule has 0 aliphatic carbocycles. The lowest BCUT2D eigenvalue weighted by Gasteiger charge is -2.09. The minimum Gasteiger partial charge on any atom is -0.491 e. The number of aromatic nitrogens is 1. The third-order valence-corrected chi connectivity index (χ3v) is 2.77. The minimum absolute atomic E-state index is 0.107. The SMILES string of the molecule is Cc1[nH]c2ccc(OC(C)C)cc2c1/C=C/C(=O)O. The van der Waals surface area contributed by atoms with Crippen molar-refractivity contribution in [3.8, 4) is 5.75 Å². The fourth-order valence-corrected chi connectivity index (χ4v) is 2.04. The number of carboxylic acids is 1. The van der Waals surface area contributed by atoms with E-state index < -0.39 is 5.97 Å². The van der Waals surface area contributed by atoms with Crippen LogP contribution in [0.5, 0.6) is 5.75 Å². The molecule has 100 valence electrons. The molecule has 0 unspecified atom stereocenters. The van der Waals surface area contributed by atoms with Gasteiger partial charge in [-0.1, -0.05) is 0 Å². The van der Waals surface area contributed by atoms with Crippen LogP contribution in [0, 0.1) is 6.92 Å². The van der Waals surface area contributed by atoms with Crippen LogP contribution in [-0.2, 0) is 4.79 Å². The van der Waals surface area contributed by atoms with E-state index in [2.05, 4.69) is 4.98 Å². The topological polar surface area (TPSA) is 62.3 Å². The van der Waals surface area contributed by atoms with Gasteiger partial charge in [0.15, 0.2) is 0 Å². The maximum atomic E-state index is 10.6. The molecule has 0 saturated heterocycles. The highest BCUT2D eigenvalue weighted by Gasteiger charge is 2.08. The molecule has 1 aromatic carbocycles. The second-order valence-electron chi connectivity index (χ2n) is 4.71. The minimum atomic E-state index is -0.955. The van der Waals surface area contributed by atoms with E-state index in [1.807, 2.05) is 39.0 Å². The van der Waals surface area contributed by atoms with Gasteiger partial charge in [0.2, 0.25) is 0 Å². The third-order valence-electron chi connectivity index (χ3n) is 2.77. The molecule has 0 radical (unpaired) electrons. The normalized spacial score (nSPS) is 11.6. The summed E-state index contributed by atoms with van der Waals surface area (Å²) in [6.45, 7) is 5.86. The fourth-order valence-electron chi connectivity index (χ4n) is 2.04. The number of nitrogens with one attached hydrogen (secondary N) is 1.